The Bertz CT molecular complexity index is 4160. The van der Waals surface area contributed by atoms with E-state index in [0.29, 0.717) is 95.8 Å². The summed E-state index contributed by atoms with van der Waals surface area (Å²) < 4.78 is 12.7. The third-order valence-corrected chi connectivity index (χ3v) is 12.5. The maximum atomic E-state index is 12.0. The molecule has 3 heterocycles. The number of aromatic nitrogens is 6. The number of carbonyl (C=O) groups is 1. The molecule has 0 radical (unpaired) electrons. The van der Waals surface area contributed by atoms with Crippen molar-refractivity contribution in [3.8, 4) is 114 Å². The van der Waals surface area contributed by atoms with E-state index in [2.05, 4.69) is 0 Å². The van der Waals surface area contributed by atoms with Crippen LogP contribution in [0.25, 0.3) is 101 Å². The van der Waals surface area contributed by atoms with Crippen LogP contribution >= 0.6 is 0 Å². The number of phenolic OH excluding ortho intramolecular Hbond substituents is 4. The number of carboxylic acids is 1. The Morgan fingerprint density at radius 2 is 0.520 bits per heavy atom. The van der Waals surface area contributed by atoms with Gasteiger partial charge in [0.1, 0.15) is 46.0 Å². The first kappa shape index (κ1) is 45.4. The molecule has 0 saturated carbocycles. The van der Waals surface area contributed by atoms with Crippen LogP contribution in [0.3, 0.4) is 0 Å². The van der Waals surface area contributed by atoms with Crippen LogP contribution in [-0.4, -0.2) is 61.4 Å². The Morgan fingerprint density at radius 1 is 0.280 bits per heavy atom. The molecule has 0 bridgehead atoms. The van der Waals surface area contributed by atoms with E-state index in [0.717, 1.165) is 27.8 Å². The topological polar surface area (TPSA) is 214 Å². The lowest BCUT2D eigenvalue weighted by Crippen LogP contribution is -1.99. The number of fused-ring (bicyclic) bond motifs is 3. The molecule has 0 atom stereocenters. The van der Waals surface area contributed by atoms with Gasteiger partial charge in [0.2, 0.25) is 0 Å². The fourth-order valence-electron chi connectivity index (χ4n) is 8.70. The van der Waals surface area contributed by atoms with E-state index < -0.39 is 5.97 Å². The maximum Gasteiger partial charge on any atom is 0.335 e. The first-order valence-electron chi connectivity index (χ1n) is 23.5. The zero-order valence-electron chi connectivity index (χ0n) is 39.2. The molecule has 12 rings (SSSR count). The van der Waals surface area contributed by atoms with Crippen LogP contribution < -0.4 is 9.47 Å². The number of ether oxygens (including phenoxy) is 2. The van der Waals surface area contributed by atoms with Gasteiger partial charge in [-0.2, -0.15) is 0 Å². The second-order valence-electron chi connectivity index (χ2n) is 17.5. The van der Waals surface area contributed by atoms with Crippen molar-refractivity contribution in [2.75, 3.05) is 0 Å². The van der Waals surface area contributed by atoms with Crippen molar-refractivity contribution in [2.45, 2.75) is 0 Å². The Labute approximate surface area is 426 Å². The molecule has 14 heteroatoms. The Morgan fingerprint density at radius 3 is 0.813 bits per heavy atom. The highest BCUT2D eigenvalue weighted by Gasteiger charge is 2.19. The molecule has 0 spiro atoms. The molecular weight excluding hydrogens is 945 g/mol. The normalized spacial score (nSPS) is 11.3. The monoisotopic (exact) mass is 982 g/mol. The number of hydrogen-bond donors (Lipinski definition) is 5. The van der Waals surface area contributed by atoms with E-state index in [9.17, 15) is 30.3 Å². The van der Waals surface area contributed by atoms with Gasteiger partial charge in [-0.05, 0) is 188 Å². The molecule has 0 amide bonds. The van der Waals surface area contributed by atoms with Crippen LogP contribution in [0.4, 0.5) is 0 Å². The molecule has 75 heavy (non-hydrogen) atoms. The number of benzene rings is 9. The molecule has 0 fully saturated rings. The van der Waals surface area contributed by atoms with Crippen LogP contribution in [0, 0.1) is 0 Å². The van der Waals surface area contributed by atoms with Gasteiger partial charge in [-0.1, -0.05) is 0 Å². The Hall–Kier alpha value is -10.7. The van der Waals surface area contributed by atoms with Gasteiger partial charge in [-0.25, -0.2) is 34.7 Å². The molecule has 9 aromatic carbocycles. The van der Waals surface area contributed by atoms with Gasteiger partial charge in [-0.15, -0.1) is 0 Å². The van der Waals surface area contributed by atoms with Crippen molar-refractivity contribution in [1.29, 1.82) is 0 Å². The van der Waals surface area contributed by atoms with Gasteiger partial charge in [0.05, 0.1) is 72.8 Å². The van der Waals surface area contributed by atoms with E-state index in [1.807, 2.05) is 78.9 Å². The molecule has 3 aromatic heterocycles. The third-order valence-electron chi connectivity index (χ3n) is 12.5. The zero-order chi connectivity index (χ0) is 51.2. The van der Waals surface area contributed by atoms with Crippen molar-refractivity contribution in [2.24, 2.45) is 0 Å². The van der Waals surface area contributed by atoms with E-state index >= 15 is 0 Å². The molecule has 0 unspecified atom stereocenters. The second kappa shape index (κ2) is 18.8. The third kappa shape index (κ3) is 9.25. The lowest BCUT2D eigenvalue weighted by molar-refractivity contribution is 0.0697. The first-order chi connectivity index (χ1) is 36.5. The van der Waals surface area contributed by atoms with Crippen LogP contribution in [0.5, 0.6) is 46.0 Å². The SMILES string of the molecule is O=C(O)c1ccc2nc(-c3ccc(Oc4ccc5nc(-c6ccc(O)cc6)c(-c6ccc(O)cc6)nc5c4)cc3)c(-c3ccc(Oc4ccc5nc(-c6ccc(O)cc6)c(-c6ccc(O)cc6)nc5c4)cc3)nc2c1. The minimum absolute atomic E-state index is 0.0848. The molecule has 0 aliphatic heterocycles. The van der Waals surface area contributed by atoms with Gasteiger partial charge >= 0.3 is 5.97 Å². The number of aromatic hydroxyl groups is 4. The zero-order valence-corrected chi connectivity index (χ0v) is 39.2. The summed E-state index contributed by atoms with van der Waals surface area (Å²) in [5.74, 6) is 1.56. The summed E-state index contributed by atoms with van der Waals surface area (Å²) in [6.07, 6.45) is 0. The molecule has 14 nitrogen and oxygen atoms in total. The summed E-state index contributed by atoms with van der Waals surface area (Å²) in [4.78, 5) is 42.0. The van der Waals surface area contributed by atoms with Crippen molar-refractivity contribution in [3.63, 3.8) is 0 Å². The molecule has 5 N–H and O–H groups in total. The van der Waals surface area contributed by atoms with Crippen LogP contribution in [0.2, 0.25) is 0 Å². The summed E-state index contributed by atoms with van der Waals surface area (Å²) in [7, 11) is 0. The highest BCUT2D eigenvalue weighted by Crippen LogP contribution is 2.38. The maximum absolute atomic E-state index is 12.0. The van der Waals surface area contributed by atoms with Crippen molar-refractivity contribution in [3.05, 3.63) is 206 Å². The minimum atomic E-state index is -1.08. The van der Waals surface area contributed by atoms with Gasteiger partial charge < -0.3 is 35.0 Å². The number of rotatable bonds is 11. The van der Waals surface area contributed by atoms with E-state index in [1.54, 1.807) is 109 Å². The van der Waals surface area contributed by atoms with Gasteiger partial charge in [0, 0.05) is 45.5 Å². The summed E-state index contributed by atoms with van der Waals surface area (Å²) in [6, 6.07) is 57.3. The highest BCUT2D eigenvalue weighted by atomic mass is 16.5. The Balaban J connectivity index is 0.841. The summed E-state index contributed by atoms with van der Waals surface area (Å²) in [6.45, 7) is 0. The smallest absolute Gasteiger partial charge is 0.335 e. The fourth-order valence-corrected chi connectivity index (χ4v) is 8.70. The van der Waals surface area contributed by atoms with Crippen LogP contribution in [0.1, 0.15) is 10.4 Å². The van der Waals surface area contributed by atoms with Gasteiger partial charge in [0.25, 0.3) is 0 Å². The molecule has 0 aliphatic carbocycles. The van der Waals surface area contributed by atoms with E-state index in [4.69, 9.17) is 39.4 Å². The standard InChI is InChI=1S/C61H38N6O8/c68-41-14-1-34(2-15-41)55-58(36-5-18-43(70)19-6-36)66-53-32-47(26-29-50(53)63-55)74-45-22-9-38(10-23-45)57-60(65-52-31-40(61(72)73)13-28-49(52)62-57)39-11-24-46(25-12-39)75-48-27-30-51-54(33-48)67-59(37-7-20-44(71)21-8-37)56(64-51)35-3-16-42(69)17-4-35/h1-33,68-71H,(H,72,73). The van der Waals surface area contributed by atoms with Crippen LogP contribution in [0.15, 0.2) is 200 Å². The average molecular weight is 983 g/mol. The number of phenols is 4. The molecule has 12 aromatic rings. The largest absolute Gasteiger partial charge is 0.508 e. The summed E-state index contributed by atoms with van der Waals surface area (Å²) in [5.41, 5.74) is 11.4. The fraction of sp³-hybridized carbons (Fsp3) is 0. The van der Waals surface area contributed by atoms with Crippen molar-refractivity contribution in [1.82, 2.24) is 29.9 Å². The molecule has 0 saturated heterocycles. The summed E-state index contributed by atoms with van der Waals surface area (Å²) in [5, 5.41) is 49.7. The molecule has 360 valence electrons. The van der Waals surface area contributed by atoms with Crippen LogP contribution in [-0.2, 0) is 0 Å². The van der Waals surface area contributed by atoms with Gasteiger partial charge in [0.15, 0.2) is 0 Å². The highest BCUT2D eigenvalue weighted by molar-refractivity contribution is 5.94. The van der Waals surface area contributed by atoms with Gasteiger partial charge in [-0.3, -0.25) is 0 Å². The predicted molar refractivity (Wildman–Crippen MR) is 285 cm³/mol. The second-order valence-corrected chi connectivity index (χ2v) is 17.5. The number of carboxylic acid groups (broad SMARTS) is 1. The van der Waals surface area contributed by atoms with E-state index in [-0.39, 0.29) is 28.6 Å². The Kier molecular flexibility index (Phi) is 11.4. The predicted octanol–water partition coefficient (Wildman–Crippen LogP) is 13.6. The lowest BCUT2D eigenvalue weighted by atomic mass is 10.0. The number of nitrogens with zero attached hydrogens (tertiary/aromatic N) is 6. The minimum Gasteiger partial charge on any atom is -0.508 e. The molecular formula is C61H38N6O8. The van der Waals surface area contributed by atoms with Crippen molar-refractivity contribution >= 4 is 39.1 Å². The van der Waals surface area contributed by atoms with E-state index in [1.165, 1.54) is 12.1 Å². The lowest BCUT2D eigenvalue weighted by Gasteiger charge is -2.14. The number of aromatic carboxylic acids is 1. The quantitative estimate of drug-likeness (QED) is 0.0816. The number of hydrogen-bond acceptors (Lipinski definition) is 13. The molecule has 0 aliphatic rings. The summed E-state index contributed by atoms with van der Waals surface area (Å²) >= 11 is 0. The van der Waals surface area contributed by atoms with Crippen molar-refractivity contribution < 1.29 is 39.8 Å². The first-order valence-corrected chi connectivity index (χ1v) is 23.5. The average Bonchev–Trinajstić information content (AvgIpc) is 3.43.